The minimum Gasteiger partial charge on any atom is 0 e. The Kier molecular flexibility index (Phi) is 105. The van der Waals surface area contributed by atoms with E-state index in [0.29, 0.717) is 0 Å². The van der Waals surface area contributed by atoms with Gasteiger partial charge in [-0.2, -0.15) is 0 Å². The summed E-state index contributed by atoms with van der Waals surface area (Å²) in [5.41, 5.74) is 0. The molecule has 0 spiro atoms. The normalized spacial score (nSPS) is 0. The van der Waals surface area contributed by atoms with Crippen molar-refractivity contribution in [1.29, 1.82) is 0 Å². The molecule has 0 radical (unpaired) electrons. The molecule has 0 saturated carbocycles. The van der Waals surface area contributed by atoms with Crippen LogP contribution < -0.4 is 0 Å². The molecule has 0 N–H and O–H groups in total. The standard InChI is InChI=1S/Ca.Mg.Sn.Zn.8H/q2*+2;;;;;;;4*-1. The van der Waals surface area contributed by atoms with Crippen LogP contribution in [0, 0.1) is 0 Å². The van der Waals surface area contributed by atoms with Gasteiger partial charge in [0.15, 0.2) is 0 Å². The third-order valence-corrected chi connectivity index (χ3v) is 0. The summed E-state index contributed by atoms with van der Waals surface area (Å²) >= 11 is 0. The van der Waals surface area contributed by atoms with E-state index in [1.165, 1.54) is 0 Å². The second kappa shape index (κ2) is 16.1. The first-order valence-electron chi connectivity index (χ1n) is 0. The summed E-state index contributed by atoms with van der Waals surface area (Å²) in [5, 5.41) is 0. The van der Waals surface area contributed by atoms with E-state index in [2.05, 4.69) is 0 Å². The predicted molar refractivity (Wildman–Crippen MR) is 27.3 cm³/mol. The summed E-state index contributed by atoms with van der Waals surface area (Å²) in [6.07, 6.45) is 0. The molecule has 0 aromatic heterocycles. The summed E-state index contributed by atoms with van der Waals surface area (Å²) in [7, 11) is 0. The molecule has 4 heavy (non-hydrogen) atoms. The van der Waals surface area contributed by atoms with Crippen LogP contribution in [0.5, 0.6) is 0 Å². The molecule has 0 atom stereocenters. The fourth-order valence-corrected chi connectivity index (χ4v) is 0. The van der Waals surface area contributed by atoms with E-state index in [4.69, 9.17) is 0 Å². The third kappa shape index (κ3) is 9.07. The molecule has 18 valence electrons. The van der Waals surface area contributed by atoms with E-state index < -0.39 is 0 Å². The zero-order valence-corrected chi connectivity index (χ0v) is 8.71. The van der Waals surface area contributed by atoms with Crippen molar-refractivity contribution in [1.82, 2.24) is 0 Å². The van der Waals surface area contributed by atoms with Crippen LogP contribution in [0.4, 0.5) is 0 Å². The number of hydrogen-bond donors (Lipinski definition) is 0. The van der Waals surface area contributed by atoms with Gasteiger partial charge >= 0.3 is 84.7 Å². The SMILES string of the molecule is [Ca+2].[H-].[H-].[H-].[H-].[Mg+2].[SnH4].[Zn]. The van der Waals surface area contributed by atoms with Crippen molar-refractivity contribution in [2.75, 3.05) is 0 Å². The van der Waals surface area contributed by atoms with Crippen LogP contribution in [0.15, 0.2) is 0 Å². The number of hydrogen-bond acceptors (Lipinski definition) is 0. The van der Waals surface area contributed by atoms with Crippen molar-refractivity contribution in [3.63, 3.8) is 0 Å². The zero-order valence-electron chi connectivity index (χ0n) is 6.12. The fraction of sp³-hybridized carbons (Fsp3) is 0. The summed E-state index contributed by atoms with van der Waals surface area (Å²) < 4.78 is 0. The molecule has 0 rings (SSSR count). The topological polar surface area (TPSA) is 0 Å². The zero-order chi connectivity index (χ0) is 0. The number of rotatable bonds is 0. The monoisotopic (exact) mass is 256 g/mol. The van der Waals surface area contributed by atoms with Gasteiger partial charge in [0.05, 0.1) is 0 Å². The maximum absolute atomic E-state index is 0. The van der Waals surface area contributed by atoms with Gasteiger partial charge in [-0.15, -0.1) is 0 Å². The molecule has 0 aliphatic rings. The van der Waals surface area contributed by atoms with Crippen molar-refractivity contribution in [3.8, 4) is 0 Å². The Labute approximate surface area is 108 Å². The van der Waals surface area contributed by atoms with Gasteiger partial charge in [-0.05, 0) is 0 Å². The van der Waals surface area contributed by atoms with Crippen LogP contribution in [-0.2, 0) is 19.5 Å². The van der Waals surface area contributed by atoms with Crippen LogP contribution in [0.25, 0.3) is 0 Å². The van der Waals surface area contributed by atoms with Gasteiger partial charge in [-0.3, -0.25) is 0 Å². The largest absolute Gasteiger partial charge is 0 e. The minimum atomic E-state index is 0. The first-order valence-corrected chi connectivity index (χ1v) is 0. The van der Waals surface area contributed by atoms with Gasteiger partial charge in [0.25, 0.3) is 0 Å². The van der Waals surface area contributed by atoms with Gasteiger partial charge in [0.1, 0.15) is 0 Å². The van der Waals surface area contributed by atoms with Gasteiger partial charge in [0.2, 0.25) is 0 Å². The van der Waals surface area contributed by atoms with E-state index in [-0.39, 0.29) is 110 Å². The summed E-state index contributed by atoms with van der Waals surface area (Å²) in [6, 6.07) is 0. The van der Waals surface area contributed by atoms with Crippen LogP contribution in [-0.4, -0.2) is 84.7 Å². The molecule has 0 aliphatic carbocycles. The predicted octanol–water partition coefficient (Wildman–Crippen LogP) is -1.77. The van der Waals surface area contributed by atoms with Gasteiger partial charge < -0.3 is 5.71 Å². The van der Waals surface area contributed by atoms with Crippen LogP contribution >= 0.6 is 0 Å². The molecule has 0 saturated heterocycles. The van der Waals surface area contributed by atoms with Crippen molar-refractivity contribution in [3.05, 3.63) is 0 Å². The molecule has 4 heteroatoms. The van der Waals surface area contributed by atoms with Gasteiger partial charge in [-0.1, -0.05) is 0 Å². The molecule has 0 aromatic rings. The van der Waals surface area contributed by atoms with E-state index >= 15 is 0 Å². The van der Waals surface area contributed by atoms with Crippen LogP contribution in [0.1, 0.15) is 5.71 Å². The van der Waals surface area contributed by atoms with Crippen LogP contribution in [0.3, 0.4) is 0 Å². The smallest absolute Gasteiger partial charge is 0 e. The van der Waals surface area contributed by atoms with Crippen LogP contribution in [0.2, 0.25) is 0 Å². The van der Waals surface area contributed by atoms with Crippen molar-refractivity contribution >= 4 is 84.7 Å². The minimum absolute atomic E-state index is 0. The van der Waals surface area contributed by atoms with Crippen molar-refractivity contribution in [2.24, 2.45) is 0 Å². The molecule has 0 nitrogen and oxygen atoms in total. The molecule has 0 aliphatic heterocycles. The summed E-state index contributed by atoms with van der Waals surface area (Å²) in [5.74, 6) is 0. The molecule has 0 heterocycles. The summed E-state index contributed by atoms with van der Waals surface area (Å²) in [4.78, 5) is 0. The molecule has 0 bridgehead atoms. The Hall–Kier alpha value is 3.45. The molecular weight excluding hydrogens is 248 g/mol. The average molecular weight is 257 g/mol. The summed E-state index contributed by atoms with van der Waals surface area (Å²) in [6.45, 7) is 0. The Morgan fingerprint density at radius 3 is 1.25 bits per heavy atom. The fourth-order valence-electron chi connectivity index (χ4n) is 0. The van der Waals surface area contributed by atoms with E-state index in [0.717, 1.165) is 0 Å². The van der Waals surface area contributed by atoms with Gasteiger partial charge in [0, 0.05) is 19.5 Å². The molecule has 0 unspecified atom stereocenters. The second-order valence-corrected chi connectivity index (χ2v) is 0. The molecular formula is H8CaMgSnZn. The maximum Gasteiger partial charge on any atom is 0 e. The second-order valence-electron chi connectivity index (χ2n) is 0. The average Bonchev–Trinajstić information content (AvgIpc) is 0. The Morgan fingerprint density at radius 1 is 1.25 bits per heavy atom. The Morgan fingerprint density at radius 2 is 1.25 bits per heavy atom. The Bertz CT molecular complexity index is 16.0. The third-order valence-electron chi connectivity index (χ3n) is 0. The molecule has 0 aromatic carbocycles. The quantitative estimate of drug-likeness (QED) is 0.450. The first-order chi connectivity index (χ1) is 0. The van der Waals surface area contributed by atoms with E-state index in [9.17, 15) is 0 Å². The molecule has 0 amide bonds. The van der Waals surface area contributed by atoms with Crippen molar-refractivity contribution < 1.29 is 25.2 Å². The maximum atomic E-state index is 0. The van der Waals surface area contributed by atoms with Gasteiger partial charge in [-0.25, -0.2) is 0 Å². The van der Waals surface area contributed by atoms with Crippen molar-refractivity contribution in [2.45, 2.75) is 0 Å². The Balaban J connectivity index is 0. The van der Waals surface area contributed by atoms with E-state index in [1.54, 1.807) is 0 Å². The van der Waals surface area contributed by atoms with E-state index in [1.807, 2.05) is 0 Å². The molecule has 0 fully saturated rings. The first kappa shape index (κ1) is 26.0.